The standard InChI is InChI=1S/C19H19Cl2N3O2/c1-3-19(25-2,11-18-22-12-23-24-18)16-9-8-15(10-17(16)21)26-14-6-4-13(20)5-7-14/h4-10,12H,3,11H2,1-2H3,(H,22,23,24). The Morgan fingerprint density at radius 2 is 1.81 bits per heavy atom. The number of benzene rings is 2. The molecule has 3 aromatic rings. The molecule has 1 aromatic heterocycles. The van der Waals surface area contributed by atoms with Gasteiger partial charge in [0.25, 0.3) is 0 Å². The first-order chi connectivity index (χ1) is 12.6. The van der Waals surface area contributed by atoms with Crippen molar-refractivity contribution in [3.05, 3.63) is 70.2 Å². The van der Waals surface area contributed by atoms with Crippen LogP contribution in [0.4, 0.5) is 0 Å². The second-order valence-corrected chi connectivity index (χ2v) is 6.70. The van der Waals surface area contributed by atoms with E-state index in [1.807, 2.05) is 19.1 Å². The predicted molar refractivity (Wildman–Crippen MR) is 102 cm³/mol. The summed E-state index contributed by atoms with van der Waals surface area (Å²) >= 11 is 12.5. The summed E-state index contributed by atoms with van der Waals surface area (Å²) < 4.78 is 11.7. The summed E-state index contributed by atoms with van der Waals surface area (Å²) in [5, 5.41) is 8.01. The molecule has 1 heterocycles. The quantitative estimate of drug-likeness (QED) is 0.585. The average Bonchev–Trinajstić information content (AvgIpc) is 3.15. The van der Waals surface area contributed by atoms with Gasteiger partial charge in [0.1, 0.15) is 29.3 Å². The summed E-state index contributed by atoms with van der Waals surface area (Å²) in [5.41, 5.74) is 0.277. The van der Waals surface area contributed by atoms with E-state index in [4.69, 9.17) is 32.7 Å². The van der Waals surface area contributed by atoms with Crippen molar-refractivity contribution in [1.29, 1.82) is 0 Å². The fourth-order valence-electron chi connectivity index (χ4n) is 2.89. The molecular formula is C19H19Cl2N3O2. The van der Waals surface area contributed by atoms with E-state index in [2.05, 4.69) is 15.2 Å². The molecule has 2 aromatic carbocycles. The Hall–Kier alpha value is -2.08. The molecule has 0 radical (unpaired) electrons. The third-order valence-electron chi connectivity index (χ3n) is 4.36. The van der Waals surface area contributed by atoms with Crippen LogP contribution in [-0.2, 0) is 16.8 Å². The molecule has 26 heavy (non-hydrogen) atoms. The van der Waals surface area contributed by atoms with Gasteiger partial charge in [0.05, 0.1) is 5.02 Å². The Morgan fingerprint density at radius 3 is 2.38 bits per heavy atom. The summed E-state index contributed by atoms with van der Waals surface area (Å²) in [5.74, 6) is 2.07. The molecule has 0 saturated heterocycles. The number of H-pyrrole nitrogens is 1. The molecule has 0 saturated carbocycles. The number of aromatic nitrogens is 3. The van der Waals surface area contributed by atoms with Gasteiger partial charge in [0.2, 0.25) is 0 Å². The average molecular weight is 392 g/mol. The molecule has 0 bridgehead atoms. The van der Waals surface area contributed by atoms with E-state index in [1.165, 1.54) is 6.33 Å². The fourth-order valence-corrected chi connectivity index (χ4v) is 3.36. The van der Waals surface area contributed by atoms with Crippen LogP contribution in [0.2, 0.25) is 10.0 Å². The minimum atomic E-state index is -0.602. The number of hydrogen-bond donors (Lipinski definition) is 1. The van der Waals surface area contributed by atoms with Crippen LogP contribution in [0.25, 0.3) is 0 Å². The van der Waals surface area contributed by atoms with E-state index < -0.39 is 5.60 Å². The van der Waals surface area contributed by atoms with Crippen molar-refractivity contribution in [1.82, 2.24) is 15.2 Å². The second kappa shape index (κ2) is 8.08. The van der Waals surface area contributed by atoms with Crippen molar-refractivity contribution in [2.75, 3.05) is 7.11 Å². The van der Waals surface area contributed by atoms with E-state index in [-0.39, 0.29) is 0 Å². The van der Waals surface area contributed by atoms with Gasteiger partial charge in [-0.2, -0.15) is 5.10 Å². The third kappa shape index (κ3) is 4.01. The van der Waals surface area contributed by atoms with Crippen LogP contribution < -0.4 is 4.74 Å². The number of aromatic amines is 1. The maximum absolute atomic E-state index is 6.58. The van der Waals surface area contributed by atoms with Crippen LogP contribution in [0.5, 0.6) is 11.5 Å². The Balaban J connectivity index is 1.88. The maximum Gasteiger partial charge on any atom is 0.137 e. The first-order valence-electron chi connectivity index (χ1n) is 8.19. The summed E-state index contributed by atoms with van der Waals surface area (Å²) in [7, 11) is 1.67. The number of hydrogen-bond acceptors (Lipinski definition) is 4. The topological polar surface area (TPSA) is 60.0 Å². The zero-order valence-electron chi connectivity index (χ0n) is 14.5. The molecule has 5 nitrogen and oxygen atoms in total. The summed E-state index contributed by atoms with van der Waals surface area (Å²) in [6.45, 7) is 2.05. The van der Waals surface area contributed by atoms with E-state index in [0.29, 0.717) is 28.0 Å². The molecule has 136 valence electrons. The molecule has 1 atom stereocenters. The largest absolute Gasteiger partial charge is 0.457 e. The predicted octanol–water partition coefficient (Wildman–Crippen LogP) is 5.40. The van der Waals surface area contributed by atoms with Gasteiger partial charge < -0.3 is 9.47 Å². The molecule has 0 aliphatic rings. The Bertz CT molecular complexity index is 848. The van der Waals surface area contributed by atoms with Gasteiger partial charge in [-0.1, -0.05) is 36.2 Å². The highest BCUT2D eigenvalue weighted by Crippen LogP contribution is 2.38. The van der Waals surface area contributed by atoms with Crippen molar-refractivity contribution in [2.45, 2.75) is 25.4 Å². The third-order valence-corrected chi connectivity index (χ3v) is 4.93. The molecule has 3 rings (SSSR count). The molecule has 0 aliphatic carbocycles. The van der Waals surface area contributed by atoms with Crippen molar-refractivity contribution in [2.24, 2.45) is 0 Å². The van der Waals surface area contributed by atoms with Crippen molar-refractivity contribution in [3.8, 4) is 11.5 Å². The summed E-state index contributed by atoms with van der Waals surface area (Å²) in [6.07, 6.45) is 2.74. The molecule has 0 aliphatic heterocycles. The Labute approximate surface area is 162 Å². The van der Waals surface area contributed by atoms with E-state index in [0.717, 1.165) is 17.8 Å². The summed E-state index contributed by atoms with van der Waals surface area (Å²) in [6, 6.07) is 12.7. The summed E-state index contributed by atoms with van der Waals surface area (Å²) in [4.78, 5) is 4.21. The zero-order chi connectivity index (χ0) is 18.6. The number of methoxy groups -OCH3 is 1. The van der Waals surface area contributed by atoms with Gasteiger partial charge in [-0.3, -0.25) is 5.10 Å². The second-order valence-electron chi connectivity index (χ2n) is 5.86. The number of halogens is 2. The molecular weight excluding hydrogens is 373 g/mol. The Morgan fingerprint density at radius 1 is 1.08 bits per heavy atom. The van der Waals surface area contributed by atoms with E-state index in [1.54, 1.807) is 37.4 Å². The van der Waals surface area contributed by atoms with Crippen LogP contribution in [0, 0.1) is 0 Å². The van der Waals surface area contributed by atoms with Gasteiger partial charge >= 0.3 is 0 Å². The first-order valence-corrected chi connectivity index (χ1v) is 8.95. The normalized spacial score (nSPS) is 13.4. The van der Waals surface area contributed by atoms with Crippen molar-refractivity contribution in [3.63, 3.8) is 0 Å². The van der Waals surface area contributed by atoms with Crippen LogP contribution in [0.1, 0.15) is 24.7 Å². The minimum Gasteiger partial charge on any atom is -0.457 e. The molecule has 0 spiro atoms. The highest BCUT2D eigenvalue weighted by atomic mass is 35.5. The van der Waals surface area contributed by atoms with Gasteiger partial charge in [-0.15, -0.1) is 0 Å². The monoisotopic (exact) mass is 391 g/mol. The molecule has 7 heteroatoms. The highest BCUT2D eigenvalue weighted by Gasteiger charge is 2.34. The van der Waals surface area contributed by atoms with E-state index >= 15 is 0 Å². The molecule has 0 amide bonds. The molecule has 1 N–H and O–H groups in total. The van der Waals surface area contributed by atoms with Crippen LogP contribution >= 0.6 is 23.2 Å². The van der Waals surface area contributed by atoms with Gasteiger partial charge in [-0.25, -0.2) is 4.98 Å². The van der Waals surface area contributed by atoms with Crippen molar-refractivity contribution >= 4 is 23.2 Å². The lowest BCUT2D eigenvalue weighted by Crippen LogP contribution is -2.31. The maximum atomic E-state index is 6.58. The van der Waals surface area contributed by atoms with Crippen LogP contribution in [-0.4, -0.2) is 22.3 Å². The van der Waals surface area contributed by atoms with Gasteiger partial charge in [0.15, 0.2) is 0 Å². The van der Waals surface area contributed by atoms with Gasteiger partial charge in [0, 0.05) is 24.1 Å². The lowest BCUT2D eigenvalue weighted by molar-refractivity contribution is -0.0196. The smallest absolute Gasteiger partial charge is 0.137 e. The fraction of sp³-hybridized carbons (Fsp3) is 0.263. The molecule has 0 fully saturated rings. The Kier molecular flexibility index (Phi) is 5.81. The van der Waals surface area contributed by atoms with Crippen LogP contribution in [0.15, 0.2) is 48.8 Å². The lowest BCUT2D eigenvalue weighted by Gasteiger charge is -2.32. The lowest BCUT2D eigenvalue weighted by atomic mass is 9.87. The number of nitrogens with one attached hydrogen (secondary N) is 1. The number of rotatable bonds is 7. The minimum absolute atomic E-state index is 0.539. The SMILES string of the molecule is CCC(Cc1ncn[nH]1)(OC)c1ccc(Oc2ccc(Cl)cc2)cc1Cl. The highest BCUT2D eigenvalue weighted by molar-refractivity contribution is 6.31. The first kappa shape index (κ1) is 18.7. The van der Waals surface area contributed by atoms with E-state index in [9.17, 15) is 0 Å². The molecule has 1 unspecified atom stereocenters. The van der Waals surface area contributed by atoms with Crippen LogP contribution in [0.3, 0.4) is 0 Å². The zero-order valence-corrected chi connectivity index (χ0v) is 16.0. The number of ether oxygens (including phenoxy) is 2. The van der Waals surface area contributed by atoms with Crippen molar-refractivity contribution < 1.29 is 9.47 Å². The number of nitrogens with zero attached hydrogens (tertiary/aromatic N) is 2. The van der Waals surface area contributed by atoms with Gasteiger partial charge in [-0.05, 0) is 42.8 Å².